The highest BCUT2D eigenvalue weighted by molar-refractivity contribution is 5.75. The Morgan fingerprint density at radius 3 is 2.81 bits per heavy atom. The molecule has 3 heterocycles. The Hall–Kier alpha value is -2.15. The molecule has 1 amide bonds. The molecular weight excluding hydrogens is 340 g/mol. The zero-order valence-corrected chi connectivity index (χ0v) is 17.2. The van der Waals surface area contributed by atoms with Crippen LogP contribution in [0.3, 0.4) is 0 Å². The van der Waals surface area contributed by atoms with E-state index in [0.717, 1.165) is 42.2 Å². The maximum atomic E-state index is 12.8. The third kappa shape index (κ3) is 4.24. The van der Waals surface area contributed by atoms with Crippen LogP contribution in [0.1, 0.15) is 61.3 Å². The van der Waals surface area contributed by atoms with Crippen molar-refractivity contribution >= 4 is 5.91 Å². The van der Waals surface area contributed by atoms with Gasteiger partial charge in [0.25, 0.3) is 0 Å². The molecule has 0 aliphatic carbocycles. The Bertz CT molecular complexity index is 784. The Morgan fingerprint density at radius 1 is 1.41 bits per heavy atom. The SMILES string of the molecule is Cc1nn(C(C)C)c(C)c1CN(C)C(=O)Cn1nccc1[C@H]1CCCNC1. The van der Waals surface area contributed by atoms with Crippen LogP contribution in [0.15, 0.2) is 12.3 Å². The number of nitrogens with one attached hydrogen (secondary N) is 1. The van der Waals surface area contributed by atoms with Gasteiger partial charge in [-0.1, -0.05) is 0 Å². The molecule has 7 nitrogen and oxygen atoms in total. The lowest BCUT2D eigenvalue weighted by Crippen LogP contribution is -2.33. The van der Waals surface area contributed by atoms with Crippen molar-refractivity contribution in [1.82, 2.24) is 29.8 Å². The summed E-state index contributed by atoms with van der Waals surface area (Å²) in [7, 11) is 1.86. The Kier molecular flexibility index (Phi) is 5.99. The first kappa shape index (κ1) is 19.6. The Labute approximate surface area is 161 Å². The summed E-state index contributed by atoms with van der Waals surface area (Å²) in [6, 6.07) is 2.36. The fourth-order valence-corrected chi connectivity index (χ4v) is 3.93. The fourth-order valence-electron chi connectivity index (χ4n) is 3.93. The normalized spacial score (nSPS) is 17.5. The largest absolute Gasteiger partial charge is 0.340 e. The van der Waals surface area contributed by atoms with E-state index in [9.17, 15) is 4.79 Å². The minimum Gasteiger partial charge on any atom is -0.340 e. The summed E-state index contributed by atoms with van der Waals surface area (Å²) in [5.41, 5.74) is 4.42. The first-order chi connectivity index (χ1) is 12.9. The number of nitrogens with zero attached hydrogens (tertiary/aromatic N) is 5. The van der Waals surface area contributed by atoms with Crippen LogP contribution in [0.2, 0.25) is 0 Å². The predicted molar refractivity (Wildman–Crippen MR) is 106 cm³/mol. The lowest BCUT2D eigenvalue weighted by molar-refractivity contribution is -0.131. The van der Waals surface area contributed by atoms with Crippen LogP contribution in [0.5, 0.6) is 0 Å². The first-order valence-electron chi connectivity index (χ1n) is 9.89. The summed E-state index contributed by atoms with van der Waals surface area (Å²) in [6.45, 7) is 11.2. The van der Waals surface area contributed by atoms with Gasteiger partial charge in [0.2, 0.25) is 5.91 Å². The number of amides is 1. The molecule has 0 bridgehead atoms. The van der Waals surface area contributed by atoms with Crippen LogP contribution in [0.4, 0.5) is 0 Å². The quantitative estimate of drug-likeness (QED) is 0.845. The molecule has 0 radical (unpaired) electrons. The van der Waals surface area contributed by atoms with E-state index in [1.807, 2.05) is 29.4 Å². The molecule has 0 saturated carbocycles. The number of aryl methyl sites for hydroxylation is 1. The maximum Gasteiger partial charge on any atom is 0.244 e. The molecule has 148 valence electrons. The van der Waals surface area contributed by atoms with Gasteiger partial charge in [0.15, 0.2) is 0 Å². The van der Waals surface area contributed by atoms with Gasteiger partial charge in [0.1, 0.15) is 6.54 Å². The molecule has 0 spiro atoms. The third-order valence-corrected chi connectivity index (χ3v) is 5.53. The number of rotatable bonds is 6. The Balaban J connectivity index is 1.68. The molecule has 1 aliphatic heterocycles. The lowest BCUT2D eigenvalue weighted by Gasteiger charge is -2.24. The molecule has 1 fully saturated rings. The maximum absolute atomic E-state index is 12.8. The number of likely N-dealkylation sites (N-methyl/N-ethyl adjacent to an activating group) is 1. The van der Waals surface area contributed by atoms with Crippen molar-refractivity contribution in [2.45, 2.75) is 65.6 Å². The van der Waals surface area contributed by atoms with Crippen LogP contribution in [0.25, 0.3) is 0 Å². The van der Waals surface area contributed by atoms with Crippen molar-refractivity contribution in [2.75, 3.05) is 20.1 Å². The smallest absolute Gasteiger partial charge is 0.244 e. The molecule has 7 heteroatoms. The molecule has 1 atom stereocenters. The summed E-state index contributed by atoms with van der Waals surface area (Å²) in [4.78, 5) is 14.6. The number of aromatic nitrogens is 4. The summed E-state index contributed by atoms with van der Waals surface area (Å²) in [5.74, 6) is 0.507. The third-order valence-electron chi connectivity index (χ3n) is 5.53. The second kappa shape index (κ2) is 8.25. The zero-order valence-electron chi connectivity index (χ0n) is 17.2. The van der Waals surface area contributed by atoms with E-state index in [1.54, 1.807) is 11.1 Å². The molecular formula is C20H32N6O. The average molecular weight is 373 g/mol. The van der Waals surface area contributed by atoms with Crippen molar-refractivity contribution < 1.29 is 4.79 Å². The lowest BCUT2D eigenvalue weighted by atomic mass is 9.96. The van der Waals surface area contributed by atoms with Crippen molar-refractivity contribution in [1.29, 1.82) is 0 Å². The molecule has 1 saturated heterocycles. The molecule has 0 unspecified atom stereocenters. The molecule has 27 heavy (non-hydrogen) atoms. The fraction of sp³-hybridized carbons (Fsp3) is 0.650. The van der Waals surface area contributed by atoms with Crippen molar-refractivity contribution in [2.24, 2.45) is 0 Å². The number of carbonyl (C=O) groups is 1. The van der Waals surface area contributed by atoms with E-state index in [4.69, 9.17) is 0 Å². The second-order valence-electron chi connectivity index (χ2n) is 7.89. The molecule has 1 N–H and O–H groups in total. The highest BCUT2D eigenvalue weighted by Crippen LogP contribution is 2.23. The van der Waals surface area contributed by atoms with Gasteiger partial charge in [-0.15, -0.1) is 0 Å². The van der Waals surface area contributed by atoms with Crippen LogP contribution >= 0.6 is 0 Å². The molecule has 0 aromatic carbocycles. The minimum absolute atomic E-state index is 0.0693. The number of piperidine rings is 1. The van der Waals surface area contributed by atoms with Gasteiger partial charge in [-0.05, 0) is 53.1 Å². The molecule has 2 aromatic rings. The summed E-state index contributed by atoms with van der Waals surface area (Å²) < 4.78 is 3.90. The van der Waals surface area contributed by atoms with Gasteiger partial charge in [-0.3, -0.25) is 14.2 Å². The number of carbonyl (C=O) groups excluding carboxylic acids is 1. The van der Waals surface area contributed by atoms with Crippen LogP contribution < -0.4 is 5.32 Å². The molecule has 3 rings (SSSR count). The first-order valence-corrected chi connectivity index (χ1v) is 9.89. The highest BCUT2D eigenvalue weighted by Gasteiger charge is 2.22. The standard InChI is InChI=1S/C20H32N6O/c1-14(2)26-16(4)18(15(3)23-26)12-24(5)20(27)13-25-19(8-10-22-25)17-7-6-9-21-11-17/h8,10,14,17,21H,6-7,9,11-13H2,1-5H3/t17-/m0/s1. The predicted octanol–water partition coefficient (Wildman–Crippen LogP) is 2.40. The van der Waals surface area contributed by atoms with Gasteiger partial charge < -0.3 is 10.2 Å². The average Bonchev–Trinajstić information content (AvgIpc) is 3.22. The number of hydrogen-bond donors (Lipinski definition) is 1. The van der Waals surface area contributed by atoms with E-state index >= 15 is 0 Å². The topological polar surface area (TPSA) is 68.0 Å². The van der Waals surface area contributed by atoms with E-state index in [-0.39, 0.29) is 12.5 Å². The van der Waals surface area contributed by atoms with Gasteiger partial charge in [-0.25, -0.2) is 0 Å². The van der Waals surface area contributed by atoms with Crippen molar-refractivity contribution in [3.8, 4) is 0 Å². The van der Waals surface area contributed by atoms with E-state index < -0.39 is 0 Å². The summed E-state index contributed by atoms with van der Waals surface area (Å²) in [5, 5.41) is 12.5. The monoisotopic (exact) mass is 372 g/mol. The molecule has 1 aliphatic rings. The van der Waals surface area contributed by atoms with E-state index in [0.29, 0.717) is 18.5 Å². The summed E-state index contributed by atoms with van der Waals surface area (Å²) in [6.07, 6.45) is 4.12. The highest BCUT2D eigenvalue weighted by atomic mass is 16.2. The van der Waals surface area contributed by atoms with Crippen LogP contribution in [0, 0.1) is 13.8 Å². The van der Waals surface area contributed by atoms with Crippen LogP contribution in [-0.2, 0) is 17.9 Å². The van der Waals surface area contributed by atoms with Crippen LogP contribution in [-0.4, -0.2) is 50.5 Å². The second-order valence-corrected chi connectivity index (χ2v) is 7.89. The van der Waals surface area contributed by atoms with Crippen molar-refractivity contribution in [3.05, 3.63) is 34.9 Å². The minimum atomic E-state index is 0.0693. The van der Waals surface area contributed by atoms with Crippen molar-refractivity contribution in [3.63, 3.8) is 0 Å². The zero-order chi connectivity index (χ0) is 19.6. The van der Waals surface area contributed by atoms with Gasteiger partial charge in [0, 0.05) is 55.2 Å². The number of hydrogen-bond acceptors (Lipinski definition) is 4. The van der Waals surface area contributed by atoms with Gasteiger partial charge in [-0.2, -0.15) is 10.2 Å². The Morgan fingerprint density at radius 2 is 2.19 bits per heavy atom. The van der Waals surface area contributed by atoms with E-state index in [2.05, 4.69) is 36.3 Å². The molecule has 2 aromatic heterocycles. The van der Waals surface area contributed by atoms with E-state index in [1.165, 1.54) is 6.42 Å². The van der Waals surface area contributed by atoms with Gasteiger partial charge in [0.05, 0.1) is 5.69 Å². The summed E-state index contributed by atoms with van der Waals surface area (Å²) >= 11 is 0. The van der Waals surface area contributed by atoms with Gasteiger partial charge >= 0.3 is 0 Å².